The van der Waals surface area contributed by atoms with Crippen LogP contribution in [0, 0.1) is 19.8 Å². The summed E-state index contributed by atoms with van der Waals surface area (Å²) in [6.45, 7) is 6.25. The highest BCUT2D eigenvalue weighted by Crippen LogP contribution is 2.26. The summed E-state index contributed by atoms with van der Waals surface area (Å²) in [4.78, 5) is 23.4. The predicted octanol–water partition coefficient (Wildman–Crippen LogP) is 2.99. The van der Waals surface area contributed by atoms with Crippen molar-refractivity contribution in [1.29, 1.82) is 0 Å². The topological polar surface area (TPSA) is 73.9 Å². The summed E-state index contributed by atoms with van der Waals surface area (Å²) in [7, 11) is 0. The van der Waals surface area contributed by atoms with Crippen LogP contribution in [-0.2, 0) is 25.5 Å². The summed E-state index contributed by atoms with van der Waals surface area (Å²) < 4.78 is 17.8. The number of esters is 1. The van der Waals surface area contributed by atoms with Crippen LogP contribution in [0.4, 0.5) is 0 Å². The van der Waals surface area contributed by atoms with E-state index in [2.05, 4.69) is 29.6 Å². The fraction of sp³-hybridized carbons (Fsp3) is 0.417. The number of amides is 1. The second-order valence-electron chi connectivity index (χ2n) is 7.84. The molecular weight excluding hydrogens is 382 g/mol. The van der Waals surface area contributed by atoms with E-state index in [9.17, 15) is 9.59 Å². The van der Waals surface area contributed by atoms with Gasteiger partial charge in [0.2, 0.25) is 6.41 Å². The van der Waals surface area contributed by atoms with Crippen molar-refractivity contribution in [3.8, 4) is 5.75 Å². The molecule has 1 fully saturated rings. The molecule has 2 aromatic carbocycles. The van der Waals surface area contributed by atoms with Crippen LogP contribution in [0.25, 0.3) is 0 Å². The Morgan fingerprint density at radius 2 is 1.67 bits per heavy atom. The van der Waals surface area contributed by atoms with E-state index < -0.39 is 18.1 Å². The van der Waals surface area contributed by atoms with E-state index in [0.717, 1.165) is 16.9 Å². The summed E-state index contributed by atoms with van der Waals surface area (Å²) in [5, 5.41) is 2.47. The van der Waals surface area contributed by atoms with E-state index >= 15 is 0 Å². The Hall–Kier alpha value is -2.86. The first-order chi connectivity index (χ1) is 14.5. The molecule has 4 atom stereocenters. The van der Waals surface area contributed by atoms with Crippen molar-refractivity contribution < 1.29 is 23.8 Å². The number of cyclic esters (lactones) is 1. The zero-order valence-electron chi connectivity index (χ0n) is 17.7. The van der Waals surface area contributed by atoms with Crippen LogP contribution >= 0.6 is 0 Å². The van der Waals surface area contributed by atoms with E-state index in [0.29, 0.717) is 12.8 Å². The highest BCUT2D eigenvalue weighted by atomic mass is 16.6. The van der Waals surface area contributed by atoms with Gasteiger partial charge in [-0.3, -0.25) is 4.79 Å². The number of rotatable bonds is 6. The molecule has 1 amide bonds. The first-order valence-corrected chi connectivity index (χ1v) is 10.2. The second-order valence-corrected chi connectivity index (χ2v) is 7.84. The number of hydrogen-bond acceptors (Lipinski definition) is 5. The second kappa shape index (κ2) is 10.3. The molecule has 1 aliphatic heterocycles. The summed E-state index contributed by atoms with van der Waals surface area (Å²) >= 11 is 0. The van der Waals surface area contributed by atoms with Gasteiger partial charge in [0.25, 0.3) is 0 Å². The van der Waals surface area contributed by atoms with Crippen LogP contribution in [0.15, 0.2) is 48.5 Å². The zero-order chi connectivity index (χ0) is 21.5. The van der Waals surface area contributed by atoms with Gasteiger partial charge in [0.05, 0.1) is 13.2 Å². The van der Waals surface area contributed by atoms with Gasteiger partial charge in [0.15, 0.2) is 6.04 Å². The molecule has 2 aromatic rings. The van der Waals surface area contributed by atoms with Crippen LogP contribution in [-0.4, -0.2) is 43.8 Å². The molecule has 30 heavy (non-hydrogen) atoms. The van der Waals surface area contributed by atoms with Crippen LogP contribution in [0.2, 0.25) is 0 Å². The van der Waals surface area contributed by atoms with Gasteiger partial charge in [-0.1, -0.05) is 47.5 Å². The number of aryl methyl sites for hydroxylation is 2. The van der Waals surface area contributed by atoms with Crippen LogP contribution in [0.5, 0.6) is 5.75 Å². The maximum Gasteiger partial charge on any atom is 0.331 e. The molecule has 3 rings (SSSR count). The van der Waals surface area contributed by atoms with E-state index in [1.807, 2.05) is 45.0 Å². The molecule has 1 aliphatic rings. The Kier molecular flexibility index (Phi) is 7.46. The van der Waals surface area contributed by atoms with Crippen molar-refractivity contribution in [2.75, 3.05) is 13.2 Å². The molecule has 0 spiro atoms. The smallest absolute Gasteiger partial charge is 0.331 e. The van der Waals surface area contributed by atoms with E-state index in [-0.39, 0.29) is 25.2 Å². The van der Waals surface area contributed by atoms with Crippen molar-refractivity contribution in [2.24, 2.45) is 5.92 Å². The minimum atomic E-state index is -0.830. The molecule has 0 saturated carbocycles. The average Bonchev–Trinajstić information content (AvgIpc) is 2.77. The number of hydrogen-bond donors (Lipinski definition) is 1. The van der Waals surface area contributed by atoms with Crippen molar-refractivity contribution >= 4 is 12.4 Å². The monoisotopic (exact) mass is 411 g/mol. The lowest BCUT2D eigenvalue weighted by Gasteiger charge is -2.31. The number of benzene rings is 2. The van der Waals surface area contributed by atoms with E-state index in [1.165, 1.54) is 5.56 Å². The molecule has 1 heterocycles. The Labute approximate surface area is 177 Å². The molecule has 0 aliphatic carbocycles. The normalized spacial score (nSPS) is 24.7. The fourth-order valence-electron chi connectivity index (χ4n) is 3.55. The third-order valence-electron chi connectivity index (χ3n) is 5.40. The quantitative estimate of drug-likeness (QED) is 0.584. The van der Waals surface area contributed by atoms with Crippen LogP contribution in [0.1, 0.15) is 23.6 Å². The highest BCUT2D eigenvalue weighted by Gasteiger charge is 2.35. The molecule has 0 bridgehead atoms. The zero-order valence-corrected chi connectivity index (χ0v) is 17.7. The average molecular weight is 411 g/mol. The number of carbonyl (C=O) groups is 2. The van der Waals surface area contributed by atoms with Gasteiger partial charge in [0, 0.05) is 5.92 Å². The lowest BCUT2D eigenvalue weighted by molar-refractivity contribution is -0.155. The van der Waals surface area contributed by atoms with Crippen LogP contribution in [0.3, 0.4) is 0 Å². The van der Waals surface area contributed by atoms with E-state index in [4.69, 9.17) is 14.2 Å². The summed E-state index contributed by atoms with van der Waals surface area (Å²) in [5.74, 6) is 0.107. The minimum absolute atomic E-state index is 0.0370. The van der Waals surface area contributed by atoms with Gasteiger partial charge in [0.1, 0.15) is 18.0 Å². The molecule has 1 N–H and O–H groups in total. The largest absolute Gasteiger partial charge is 0.488 e. The molecule has 160 valence electrons. The summed E-state index contributed by atoms with van der Waals surface area (Å²) in [5.41, 5.74) is 3.47. The molecule has 6 heteroatoms. The van der Waals surface area contributed by atoms with Gasteiger partial charge < -0.3 is 19.5 Å². The molecule has 0 radical (unpaired) electrons. The fourth-order valence-corrected chi connectivity index (χ4v) is 3.55. The maximum absolute atomic E-state index is 12.5. The third-order valence-corrected chi connectivity index (χ3v) is 5.40. The Bertz CT molecular complexity index is 834. The number of carbonyl (C=O) groups excluding carboxylic acids is 2. The van der Waals surface area contributed by atoms with Gasteiger partial charge in [-0.2, -0.15) is 0 Å². The summed E-state index contributed by atoms with van der Waals surface area (Å²) in [6.07, 6.45) is 0.404. The first kappa shape index (κ1) is 21.8. The molecule has 6 nitrogen and oxygen atoms in total. The van der Waals surface area contributed by atoms with Crippen molar-refractivity contribution in [3.63, 3.8) is 0 Å². The lowest BCUT2D eigenvalue weighted by atomic mass is 9.89. The minimum Gasteiger partial charge on any atom is -0.488 e. The molecule has 0 aromatic heterocycles. The van der Waals surface area contributed by atoms with Gasteiger partial charge in [-0.15, -0.1) is 0 Å². The number of ether oxygens (including phenoxy) is 3. The SMILES string of the molecule is Cc1ccc(C[C@H]2C(C)OC(=O)[C@@H](NC=O)COCC2Oc2ccc(C)cc2)cc1. The van der Waals surface area contributed by atoms with Gasteiger partial charge in [-0.25, -0.2) is 4.79 Å². The molecular formula is C24H29NO5. The molecule has 2 unspecified atom stereocenters. The Morgan fingerprint density at radius 1 is 1.03 bits per heavy atom. The Balaban J connectivity index is 1.86. The Morgan fingerprint density at radius 3 is 2.30 bits per heavy atom. The predicted molar refractivity (Wildman–Crippen MR) is 113 cm³/mol. The van der Waals surface area contributed by atoms with Crippen molar-refractivity contribution in [1.82, 2.24) is 5.32 Å². The summed E-state index contributed by atoms with van der Waals surface area (Å²) in [6, 6.07) is 15.3. The van der Waals surface area contributed by atoms with Gasteiger partial charge >= 0.3 is 5.97 Å². The first-order valence-electron chi connectivity index (χ1n) is 10.2. The third kappa shape index (κ3) is 5.83. The molecule has 1 saturated heterocycles. The maximum atomic E-state index is 12.5. The van der Waals surface area contributed by atoms with Crippen molar-refractivity contribution in [2.45, 2.75) is 45.4 Å². The highest BCUT2D eigenvalue weighted by molar-refractivity contribution is 5.78. The number of nitrogens with one attached hydrogen (secondary N) is 1. The van der Waals surface area contributed by atoms with Gasteiger partial charge in [-0.05, 0) is 44.9 Å². The van der Waals surface area contributed by atoms with Crippen LogP contribution < -0.4 is 10.1 Å². The lowest BCUT2D eigenvalue weighted by Crippen LogP contribution is -2.43. The van der Waals surface area contributed by atoms with Crippen molar-refractivity contribution in [3.05, 3.63) is 65.2 Å². The standard InChI is InChI=1S/C24H29NO5/c1-16-4-8-19(9-5-16)12-21-18(3)29-24(27)22(25-15-26)13-28-14-23(21)30-20-10-6-17(2)7-11-20/h4-11,15,18,21-23H,12-14H2,1-3H3,(H,25,26)/t18?,21-,22-,23?/m0/s1. The van der Waals surface area contributed by atoms with E-state index in [1.54, 1.807) is 0 Å².